The molecule has 1 amide bonds. The fraction of sp³-hybridized carbons (Fsp3) is 0.533. The zero-order valence-corrected chi connectivity index (χ0v) is 11.7. The topological polar surface area (TPSA) is 44.4 Å². The molecule has 104 valence electrons. The van der Waals surface area contributed by atoms with Crippen LogP contribution in [0.5, 0.6) is 0 Å². The van der Waals surface area contributed by atoms with Crippen molar-refractivity contribution < 1.29 is 4.79 Å². The Morgan fingerprint density at radius 1 is 1.37 bits per heavy atom. The Kier molecular flexibility index (Phi) is 4.80. The Labute approximate surface area is 115 Å². The average molecular weight is 261 g/mol. The Hall–Kier alpha value is -1.55. The van der Waals surface area contributed by atoms with Crippen molar-refractivity contribution in [2.24, 2.45) is 0 Å². The highest BCUT2D eigenvalue weighted by atomic mass is 16.1. The van der Waals surface area contributed by atoms with Gasteiger partial charge >= 0.3 is 0 Å². The van der Waals surface area contributed by atoms with E-state index in [9.17, 15) is 4.79 Å². The molecule has 1 aromatic carbocycles. The van der Waals surface area contributed by atoms with E-state index in [0.717, 1.165) is 25.1 Å². The van der Waals surface area contributed by atoms with Crippen molar-refractivity contribution in [1.82, 2.24) is 10.2 Å². The van der Waals surface area contributed by atoms with Crippen LogP contribution in [-0.2, 0) is 4.79 Å². The van der Waals surface area contributed by atoms with Crippen LogP contribution in [0.4, 0.5) is 5.69 Å². The van der Waals surface area contributed by atoms with Crippen molar-refractivity contribution in [2.45, 2.75) is 31.8 Å². The average Bonchev–Trinajstić information content (AvgIpc) is 2.42. The lowest BCUT2D eigenvalue weighted by atomic mass is 9.99. The minimum absolute atomic E-state index is 0.0746. The number of benzene rings is 1. The van der Waals surface area contributed by atoms with Gasteiger partial charge < -0.3 is 15.5 Å². The standard InChI is InChI=1S/C15H23N3O/c1-12-10-14(8-9-18(12)2)17-15(19)11-16-13-6-4-3-5-7-13/h3-7,12,14,16H,8-11H2,1-2H3,(H,17,19). The molecule has 2 atom stereocenters. The molecule has 1 saturated heterocycles. The molecule has 2 unspecified atom stereocenters. The molecule has 2 rings (SSSR count). The van der Waals surface area contributed by atoms with Gasteiger partial charge in [-0.25, -0.2) is 0 Å². The number of nitrogens with one attached hydrogen (secondary N) is 2. The van der Waals surface area contributed by atoms with Gasteiger partial charge in [0.2, 0.25) is 5.91 Å². The van der Waals surface area contributed by atoms with Crippen LogP contribution in [0.2, 0.25) is 0 Å². The minimum atomic E-state index is 0.0746. The second-order valence-corrected chi connectivity index (χ2v) is 5.34. The number of hydrogen-bond acceptors (Lipinski definition) is 3. The summed E-state index contributed by atoms with van der Waals surface area (Å²) in [4.78, 5) is 14.2. The molecule has 0 bridgehead atoms. The number of piperidine rings is 1. The quantitative estimate of drug-likeness (QED) is 0.867. The van der Waals surface area contributed by atoms with Crippen molar-refractivity contribution in [3.05, 3.63) is 30.3 Å². The van der Waals surface area contributed by atoms with Crippen LogP contribution in [0, 0.1) is 0 Å². The molecular weight excluding hydrogens is 238 g/mol. The number of para-hydroxylation sites is 1. The molecule has 1 aliphatic heterocycles. The largest absolute Gasteiger partial charge is 0.376 e. The summed E-state index contributed by atoms with van der Waals surface area (Å²) in [7, 11) is 2.14. The number of carbonyl (C=O) groups is 1. The predicted octanol–water partition coefficient (Wildman–Crippen LogP) is 1.70. The summed E-state index contributed by atoms with van der Waals surface area (Å²) in [6.45, 7) is 3.60. The first-order chi connectivity index (χ1) is 9.15. The lowest BCUT2D eigenvalue weighted by Crippen LogP contribution is -2.48. The van der Waals surface area contributed by atoms with Gasteiger partial charge in [-0.3, -0.25) is 4.79 Å². The highest BCUT2D eigenvalue weighted by Gasteiger charge is 2.23. The van der Waals surface area contributed by atoms with Crippen molar-refractivity contribution in [1.29, 1.82) is 0 Å². The maximum atomic E-state index is 11.9. The first-order valence-corrected chi connectivity index (χ1v) is 6.93. The summed E-state index contributed by atoms with van der Waals surface area (Å²) in [5.74, 6) is 0.0746. The van der Waals surface area contributed by atoms with Gasteiger partial charge in [-0.1, -0.05) is 18.2 Å². The van der Waals surface area contributed by atoms with E-state index >= 15 is 0 Å². The molecular formula is C15H23N3O. The highest BCUT2D eigenvalue weighted by Crippen LogP contribution is 2.15. The molecule has 2 N–H and O–H groups in total. The molecule has 1 aliphatic rings. The van der Waals surface area contributed by atoms with Gasteiger partial charge in [0.05, 0.1) is 6.54 Å². The fourth-order valence-electron chi connectivity index (χ4n) is 2.44. The predicted molar refractivity (Wildman–Crippen MR) is 78.2 cm³/mol. The molecule has 1 fully saturated rings. The van der Waals surface area contributed by atoms with Crippen LogP contribution >= 0.6 is 0 Å². The molecule has 0 aromatic heterocycles. The maximum absolute atomic E-state index is 11.9. The highest BCUT2D eigenvalue weighted by molar-refractivity contribution is 5.80. The smallest absolute Gasteiger partial charge is 0.239 e. The number of likely N-dealkylation sites (tertiary alicyclic amines) is 1. The Balaban J connectivity index is 1.73. The SMILES string of the molecule is CC1CC(NC(=O)CNc2ccccc2)CCN1C. The van der Waals surface area contributed by atoms with Crippen molar-refractivity contribution in [3.63, 3.8) is 0 Å². The molecule has 1 heterocycles. The third-order valence-electron chi connectivity index (χ3n) is 3.80. The number of amides is 1. The second kappa shape index (κ2) is 6.57. The summed E-state index contributed by atoms with van der Waals surface area (Å²) >= 11 is 0. The van der Waals surface area contributed by atoms with E-state index in [4.69, 9.17) is 0 Å². The Bertz CT molecular complexity index is 407. The number of carbonyl (C=O) groups excluding carboxylic acids is 1. The van der Waals surface area contributed by atoms with E-state index in [0.29, 0.717) is 18.6 Å². The Morgan fingerprint density at radius 2 is 2.11 bits per heavy atom. The molecule has 0 aliphatic carbocycles. The van der Waals surface area contributed by atoms with Gasteiger partial charge in [0.1, 0.15) is 0 Å². The molecule has 1 aromatic rings. The van der Waals surface area contributed by atoms with Gasteiger partial charge in [-0.2, -0.15) is 0 Å². The van der Waals surface area contributed by atoms with Crippen LogP contribution in [0.3, 0.4) is 0 Å². The Morgan fingerprint density at radius 3 is 2.79 bits per heavy atom. The van der Waals surface area contributed by atoms with Crippen LogP contribution < -0.4 is 10.6 Å². The minimum Gasteiger partial charge on any atom is -0.376 e. The lowest BCUT2D eigenvalue weighted by molar-refractivity contribution is -0.120. The van der Waals surface area contributed by atoms with Gasteiger partial charge in [0, 0.05) is 24.3 Å². The van der Waals surface area contributed by atoms with Crippen LogP contribution in [-0.4, -0.2) is 43.0 Å². The van der Waals surface area contributed by atoms with E-state index in [1.807, 2.05) is 30.3 Å². The number of hydrogen-bond donors (Lipinski definition) is 2. The van der Waals surface area contributed by atoms with Crippen molar-refractivity contribution in [2.75, 3.05) is 25.5 Å². The summed E-state index contributed by atoms with van der Waals surface area (Å²) in [6, 6.07) is 10.7. The van der Waals surface area contributed by atoms with Gasteiger partial charge in [-0.15, -0.1) is 0 Å². The zero-order chi connectivity index (χ0) is 13.7. The molecule has 4 heteroatoms. The van der Waals surface area contributed by atoms with E-state index in [1.54, 1.807) is 0 Å². The third-order valence-corrected chi connectivity index (χ3v) is 3.80. The zero-order valence-electron chi connectivity index (χ0n) is 11.7. The van der Waals surface area contributed by atoms with Crippen LogP contribution in [0.1, 0.15) is 19.8 Å². The first-order valence-electron chi connectivity index (χ1n) is 6.93. The summed E-state index contributed by atoms with van der Waals surface area (Å²) in [5.41, 5.74) is 0.981. The third kappa shape index (κ3) is 4.24. The maximum Gasteiger partial charge on any atom is 0.239 e. The van der Waals surface area contributed by atoms with Crippen molar-refractivity contribution >= 4 is 11.6 Å². The number of anilines is 1. The van der Waals surface area contributed by atoms with Crippen LogP contribution in [0.25, 0.3) is 0 Å². The van der Waals surface area contributed by atoms with Crippen molar-refractivity contribution in [3.8, 4) is 0 Å². The van der Waals surface area contributed by atoms with E-state index in [2.05, 4.69) is 29.5 Å². The molecule has 0 spiro atoms. The number of rotatable bonds is 4. The fourth-order valence-corrected chi connectivity index (χ4v) is 2.44. The van der Waals surface area contributed by atoms with Gasteiger partial charge in [0.15, 0.2) is 0 Å². The van der Waals surface area contributed by atoms with E-state index < -0.39 is 0 Å². The van der Waals surface area contributed by atoms with Gasteiger partial charge in [-0.05, 0) is 38.9 Å². The summed E-state index contributed by atoms with van der Waals surface area (Å²) in [5, 5.41) is 6.24. The summed E-state index contributed by atoms with van der Waals surface area (Å²) < 4.78 is 0. The lowest BCUT2D eigenvalue weighted by Gasteiger charge is -2.35. The monoisotopic (exact) mass is 261 g/mol. The van der Waals surface area contributed by atoms with Crippen LogP contribution in [0.15, 0.2) is 30.3 Å². The van der Waals surface area contributed by atoms with E-state index in [1.165, 1.54) is 0 Å². The molecule has 19 heavy (non-hydrogen) atoms. The molecule has 0 radical (unpaired) electrons. The second-order valence-electron chi connectivity index (χ2n) is 5.34. The first kappa shape index (κ1) is 13.9. The molecule has 0 saturated carbocycles. The normalized spacial score (nSPS) is 23.9. The van der Waals surface area contributed by atoms with Gasteiger partial charge in [0.25, 0.3) is 0 Å². The molecule has 4 nitrogen and oxygen atoms in total. The summed E-state index contributed by atoms with van der Waals surface area (Å²) in [6.07, 6.45) is 2.07. The number of nitrogens with zero attached hydrogens (tertiary/aromatic N) is 1. The van der Waals surface area contributed by atoms with E-state index in [-0.39, 0.29) is 5.91 Å².